The summed E-state index contributed by atoms with van der Waals surface area (Å²) in [4.78, 5) is 45.7. The van der Waals surface area contributed by atoms with Crippen molar-refractivity contribution in [3.8, 4) is 23.0 Å². The molecule has 4 fully saturated rings. The van der Waals surface area contributed by atoms with Crippen LogP contribution >= 0.6 is 0 Å². The van der Waals surface area contributed by atoms with Gasteiger partial charge < -0.3 is 24.4 Å². The molecule has 6 bridgehead atoms. The summed E-state index contributed by atoms with van der Waals surface area (Å²) in [6.45, 7) is 3.92. The van der Waals surface area contributed by atoms with Crippen molar-refractivity contribution in [2.24, 2.45) is 0 Å². The molecular formula is C43H48F5N7O5. The third kappa shape index (κ3) is 7.73. The Labute approximate surface area is 343 Å². The number of piperidine rings is 1. The number of fused-ring (bicyclic) bond motifs is 7. The molecule has 6 aliphatic heterocycles. The third-order valence-corrected chi connectivity index (χ3v) is 13.0. The van der Waals surface area contributed by atoms with Crippen molar-refractivity contribution in [2.75, 3.05) is 50.8 Å². The summed E-state index contributed by atoms with van der Waals surface area (Å²) in [5.41, 5.74) is -0.492. The van der Waals surface area contributed by atoms with E-state index in [1.165, 1.54) is 12.3 Å². The van der Waals surface area contributed by atoms with E-state index in [0.717, 1.165) is 29.8 Å². The van der Waals surface area contributed by atoms with E-state index < -0.39 is 47.5 Å². The molecule has 0 spiro atoms. The number of nitrogens with zero attached hydrogens (tertiary/aromatic N) is 6. The smallest absolute Gasteiger partial charge is 0.415 e. The molecule has 60 heavy (non-hydrogen) atoms. The van der Waals surface area contributed by atoms with E-state index in [1.54, 1.807) is 18.2 Å². The number of amides is 2. The Hall–Kier alpha value is -5.06. The zero-order chi connectivity index (χ0) is 41.8. The van der Waals surface area contributed by atoms with Crippen molar-refractivity contribution >= 4 is 39.7 Å². The number of anilines is 1. The number of carbonyl (C=O) groups excluding carboxylic acids is 2. The topological polar surface area (TPSA) is 122 Å². The molecule has 6 aliphatic rings. The van der Waals surface area contributed by atoms with E-state index in [4.69, 9.17) is 19.2 Å². The number of ether oxygens (including phenoxy) is 3. The molecule has 2 aromatic heterocycles. The Morgan fingerprint density at radius 1 is 1.05 bits per heavy atom. The molecule has 320 valence electrons. The summed E-state index contributed by atoms with van der Waals surface area (Å²) in [5, 5.41) is 4.42. The number of rotatable bonds is 4. The van der Waals surface area contributed by atoms with E-state index in [1.807, 2.05) is 17.9 Å². The number of pyridine rings is 1. The minimum absolute atomic E-state index is 0.0832. The quantitative estimate of drug-likeness (QED) is 0.201. The molecule has 2 aromatic carbocycles. The van der Waals surface area contributed by atoms with Crippen molar-refractivity contribution in [1.82, 2.24) is 30.1 Å². The monoisotopic (exact) mass is 837 g/mol. The number of likely N-dealkylation sites (tertiary alicyclic amines) is 1. The Balaban J connectivity index is 1.18. The molecule has 1 N–H and O–H groups in total. The summed E-state index contributed by atoms with van der Waals surface area (Å²) in [5.74, 6) is -0.546. The van der Waals surface area contributed by atoms with Crippen LogP contribution in [0.1, 0.15) is 76.7 Å². The number of hydrogen-bond acceptors (Lipinski definition) is 10. The van der Waals surface area contributed by atoms with Gasteiger partial charge >= 0.3 is 24.4 Å². The summed E-state index contributed by atoms with van der Waals surface area (Å²) >= 11 is 0. The predicted octanol–water partition coefficient (Wildman–Crippen LogP) is 8.28. The fourth-order valence-corrected chi connectivity index (χ4v) is 10.2. The number of alkyl carbamates (subject to hydrolysis) is 1. The highest BCUT2D eigenvalue weighted by Gasteiger charge is 2.50. The van der Waals surface area contributed by atoms with Gasteiger partial charge in [-0.3, -0.25) is 14.8 Å². The number of benzene rings is 2. The van der Waals surface area contributed by atoms with Crippen molar-refractivity contribution in [1.29, 1.82) is 0 Å². The maximum atomic E-state index is 17.6. The Bertz CT molecular complexity index is 2320. The molecule has 4 atom stereocenters. The number of halogens is 5. The van der Waals surface area contributed by atoms with E-state index in [2.05, 4.69) is 20.2 Å². The molecule has 0 saturated carbocycles. The fourth-order valence-electron chi connectivity index (χ4n) is 10.2. The fraction of sp³-hybridized carbons (Fsp3) is 0.558. The summed E-state index contributed by atoms with van der Waals surface area (Å²) in [6, 6.07) is 6.26. The first-order chi connectivity index (χ1) is 28.8. The van der Waals surface area contributed by atoms with E-state index in [0.29, 0.717) is 87.6 Å². The van der Waals surface area contributed by atoms with Gasteiger partial charge in [0.1, 0.15) is 41.6 Å². The molecule has 2 amide bonds. The van der Waals surface area contributed by atoms with Gasteiger partial charge in [0.2, 0.25) is 0 Å². The van der Waals surface area contributed by atoms with Gasteiger partial charge in [0.05, 0.1) is 23.1 Å². The SMILES string of the molecule is C[C@@]12CCCN(C1)c1nc(OC[C@@]34CCCN3C[C@H](F)C4)nc3c(F)c(ncc13)-c1cc(OC(=O)N3CCCCCC3C(F)(F)F)cc3cccc(c13)CCCOC(=O)N2. The van der Waals surface area contributed by atoms with Crippen LogP contribution in [-0.4, -0.2) is 112 Å². The lowest BCUT2D eigenvalue weighted by Crippen LogP contribution is -2.57. The van der Waals surface area contributed by atoms with E-state index >= 15 is 4.39 Å². The molecule has 12 nitrogen and oxygen atoms in total. The normalized spacial score (nSPS) is 26.5. The Kier molecular flexibility index (Phi) is 10.6. The molecule has 10 rings (SSSR count). The second kappa shape index (κ2) is 15.8. The van der Waals surface area contributed by atoms with Crippen LogP contribution in [0, 0.1) is 5.82 Å². The maximum absolute atomic E-state index is 17.6. The van der Waals surface area contributed by atoms with Gasteiger partial charge in [-0.1, -0.05) is 31.0 Å². The van der Waals surface area contributed by atoms with Gasteiger partial charge in [-0.15, -0.1) is 0 Å². The molecule has 0 radical (unpaired) electrons. The minimum atomic E-state index is -4.64. The van der Waals surface area contributed by atoms with Crippen molar-refractivity contribution in [3.05, 3.63) is 47.9 Å². The van der Waals surface area contributed by atoms with Crippen LogP contribution in [0.15, 0.2) is 36.5 Å². The predicted molar refractivity (Wildman–Crippen MR) is 212 cm³/mol. The largest absolute Gasteiger partial charge is 0.461 e. The first-order valence-electron chi connectivity index (χ1n) is 21.0. The number of hydrogen-bond donors (Lipinski definition) is 1. The number of nitrogens with one attached hydrogen (secondary N) is 1. The van der Waals surface area contributed by atoms with Gasteiger partial charge in [0, 0.05) is 44.4 Å². The third-order valence-electron chi connectivity index (χ3n) is 13.0. The van der Waals surface area contributed by atoms with Crippen LogP contribution in [-0.2, 0) is 11.2 Å². The minimum Gasteiger partial charge on any atom is -0.461 e. The van der Waals surface area contributed by atoms with Crippen LogP contribution in [0.4, 0.5) is 37.4 Å². The highest BCUT2D eigenvalue weighted by atomic mass is 19.4. The lowest BCUT2D eigenvalue weighted by Gasteiger charge is -2.41. The first-order valence-corrected chi connectivity index (χ1v) is 21.0. The first kappa shape index (κ1) is 40.4. The van der Waals surface area contributed by atoms with Crippen molar-refractivity contribution in [3.63, 3.8) is 0 Å². The van der Waals surface area contributed by atoms with E-state index in [9.17, 15) is 27.2 Å². The van der Waals surface area contributed by atoms with E-state index in [-0.39, 0.29) is 60.1 Å². The molecule has 4 saturated heterocycles. The zero-order valence-corrected chi connectivity index (χ0v) is 33.5. The molecular weight excluding hydrogens is 790 g/mol. The second-order valence-corrected chi connectivity index (χ2v) is 17.3. The van der Waals surface area contributed by atoms with Gasteiger partial charge in [-0.25, -0.2) is 18.4 Å². The van der Waals surface area contributed by atoms with Gasteiger partial charge in [-0.05, 0) is 93.3 Å². The number of aryl methyl sites for hydroxylation is 1. The van der Waals surface area contributed by atoms with Crippen LogP contribution in [0.25, 0.3) is 32.9 Å². The Morgan fingerprint density at radius 2 is 1.90 bits per heavy atom. The van der Waals surface area contributed by atoms with Gasteiger partial charge in [0.15, 0.2) is 5.82 Å². The number of aromatic nitrogens is 3. The summed E-state index contributed by atoms with van der Waals surface area (Å²) in [6.07, 6.45) is -0.720. The molecule has 8 heterocycles. The molecule has 17 heteroatoms. The van der Waals surface area contributed by atoms with Crippen molar-refractivity contribution in [2.45, 2.75) is 107 Å². The van der Waals surface area contributed by atoms with Crippen LogP contribution in [0.2, 0.25) is 0 Å². The van der Waals surface area contributed by atoms with Gasteiger partial charge in [-0.2, -0.15) is 23.1 Å². The average Bonchev–Trinajstić information content (AvgIpc) is 3.60. The maximum Gasteiger partial charge on any atom is 0.415 e. The average molecular weight is 838 g/mol. The standard InChI is InChI=1S/C43H48F5N7O5/c1-41-13-7-15-53(24-41)37-31-22-49-35(34(45)36(31)50-38(51-37)59-25-42-14-8-16-54(42)23-28(44)21-42)30-20-29(60-40(57)55-17-4-2-3-12-32(55)43(46,47)48)19-27-10-5-9-26(33(27)30)11-6-18-58-39(56)52-41/h5,9-10,19-20,22,28,32H,2-4,6-8,11-18,21,23-25H2,1H3,(H,52,56)/t28-,32?,41-,42+/m1/s1. The van der Waals surface area contributed by atoms with Gasteiger partial charge in [0.25, 0.3) is 0 Å². The highest BCUT2D eigenvalue weighted by molar-refractivity contribution is 6.02. The lowest BCUT2D eigenvalue weighted by atomic mass is 9.91. The molecule has 1 unspecified atom stereocenters. The summed E-state index contributed by atoms with van der Waals surface area (Å²) < 4.78 is 92.5. The Morgan fingerprint density at radius 3 is 2.75 bits per heavy atom. The number of carbonyl (C=O) groups is 2. The van der Waals surface area contributed by atoms with Crippen LogP contribution in [0.5, 0.6) is 11.8 Å². The lowest BCUT2D eigenvalue weighted by molar-refractivity contribution is -0.178. The van der Waals surface area contributed by atoms with Crippen molar-refractivity contribution < 1.29 is 45.8 Å². The van der Waals surface area contributed by atoms with Crippen LogP contribution < -0.4 is 19.7 Å². The highest BCUT2D eigenvalue weighted by Crippen LogP contribution is 2.43. The zero-order valence-electron chi connectivity index (χ0n) is 33.5. The molecule has 4 aromatic rings. The summed E-state index contributed by atoms with van der Waals surface area (Å²) in [7, 11) is 0. The second-order valence-electron chi connectivity index (χ2n) is 17.3. The van der Waals surface area contributed by atoms with Crippen LogP contribution in [0.3, 0.4) is 0 Å². The molecule has 0 aliphatic carbocycles. The number of alkyl halides is 4.